The first-order valence-electron chi connectivity index (χ1n) is 7.98. The van der Waals surface area contributed by atoms with Gasteiger partial charge in [0.15, 0.2) is 0 Å². The van der Waals surface area contributed by atoms with Gasteiger partial charge in [-0.25, -0.2) is 8.78 Å². The van der Waals surface area contributed by atoms with E-state index in [1.165, 1.54) is 12.1 Å². The number of anilines is 1. The molecule has 0 fully saturated rings. The number of rotatable bonds is 3. The normalized spacial score (nSPS) is 13.6. The maximum atomic E-state index is 14.7. The summed E-state index contributed by atoms with van der Waals surface area (Å²) in [6.07, 6.45) is 0.603. The summed E-state index contributed by atoms with van der Waals surface area (Å²) < 4.78 is 27.7. The third-order valence-corrected chi connectivity index (χ3v) is 4.59. The first-order chi connectivity index (χ1) is 11.4. The highest BCUT2D eigenvalue weighted by molar-refractivity contribution is 5.98. The summed E-state index contributed by atoms with van der Waals surface area (Å²) in [5.74, 6) is -1.05. The second-order valence-electron chi connectivity index (χ2n) is 6.58. The van der Waals surface area contributed by atoms with Gasteiger partial charge in [0.2, 0.25) is 5.91 Å². The maximum absolute atomic E-state index is 14.7. The fourth-order valence-electron chi connectivity index (χ4n) is 2.91. The molecule has 1 aliphatic heterocycles. The van der Waals surface area contributed by atoms with Gasteiger partial charge in [0.25, 0.3) is 0 Å². The molecule has 0 unspecified atom stereocenters. The van der Waals surface area contributed by atoms with Gasteiger partial charge in [-0.15, -0.1) is 12.4 Å². The number of fused-ring (bicyclic) bond motifs is 1. The van der Waals surface area contributed by atoms with Crippen molar-refractivity contribution < 1.29 is 13.6 Å². The van der Waals surface area contributed by atoms with Crippen molar-refractivity contribution in [2.24, 2.45) is 0 Å². The molecule has 134 valence electrons. The van der Waals surface area contributed by atoms with Gasteiger partial charge in [-0.05, 0) is 61.7 Å². The largest absolute Gasteiger partial charge is 0.323 e. The summed E-state index contributed by atoms with van der Waals surface area (Å²) in [5, 5.41) is 5.88. The zero-order valence-electron chi connectivity index (χ0n) is 14.2. The van der Waals surface area contributed by atoms with Crippen LogP contribution in [0.5, 0.6) is 0 Å². The van der Waals surface area contributed by atoms with E-state index in [9.17, 15) is 13.6 Å². The number of carbonyl (C=O) groups is 1. The third kappa shape index (κ3) is 3.83. The molecule has 2 N–H and O–H groups in total. The number of carbonyl (C=O) groups excluding carboxylic acids is 1. The van der Waals surface area contributed by atoms with Gasteiger partial charge in [-0.1, -0.05) is 18.2 Å². The fraction of sp³-hybridized carbons (Fsp3) is 0.316. The lowest BCUT2D eigenvalue weighted by Gasteiger charge is -2.25. The number of hydrogen-bond acceptors (Lipinski definition) is 2. The van der Waals surface area contributed by atoms with E-state index in [4.69, 9.17) is 0 Å². The molecule has 0 aromatic heterocycles. The van der Waals surface area contributed by atoms with Gasteiger partial charge in [-0.3, -0.25) is 4.79 Å². The molecule has 1 amide bonds. The number of benzene rings is 2. The summed E-state index contributed by atoms with van der Waals surface area (Å²) in [7, 11) is 0. The summed E-state index contributed by atoms with van der Waals surface area (Å²) in [6.45, 7) is 4.83. The molecule has 3 nitrogen and oxygen atoms in total. The lowest BCUT2D eigenvalue weighted by Crippen LogP contribution is -2.35. The van der Waals surface area contributed by atoms with E-state index in [0.717, 1.165) is 12.1 Å². The third-order valence-electron chi connectivity index (χ3n) is 4.59. The first kappa shape index (κ1) is 19.3. The van der Waals surface area contributed by atoms with Crippen molar-refractivity contribution in [3.05, 3.63) is 64.7 Å². The molecule has 0 saturated carbocycles. The van der Waals surface area contributed by atoms with E-state index >= 15 is 0 Å². The summed E-state index contributed by atoms with van der Waals surface area (Å²) >= 11 is 0. The fourth-order valence-corrected chi connectivity index (χ4v) is 2.91. The van der Waals surface area contributed by atoms with Gasteiger partial charge < -0.3 is 10.6 Å². The van der Waals surface area contributed by atoms with Crippen LogP contribution in [-0.4, -0.2) is 12.5 Å². The van der Waals surface area contributed by atoms with Crippen molar-refractivity contribution >= 4 is 24.0 Å². The lowest BCUT2D eigenvalue weighted by atomic mass is 9.83. The molecule has 2 aromatic carbocycles. The predicted molar refractivity (Wildman–Crippen MR) is 97.1 cm³/mol. The van der Waals surface area contributed by atoms with Gasteiger partial charge in [0, 0.05) is 6.54 Å². The van der Waals surface area contributed by atoms with Gasteiger partial charge in [0.1, 0.15) is 11.6 Å². The SMILES string of the molecule is CC(C)(C(=O)Nc1ccc2c(c1F)CCNC2)c1ccc(F)cc1.Cl. The Morgan fingerprint density at radius 1 is 1.12 bits per heavy atom. The molecular weight excluding hydrogens is 346 g/mol. The maximum Gasteiger partial charge on any atom is 0.234 e. The molecule has 0 aliphatic carbocycles. The Bertz CT molecular complexity index is 776. The Morgan fingerprint density at radius 3 is 2.48 bits per heavy atom. The molecule has 0 atom stereocenters. The van der Waals surface area contributed by atoms with Crippen molar-refractivity contribution in [3.8, 4) is 0 Å². The van der Waals surface area contributed by atoms with Crippen molar-refractivity contribution in [1.29, 1.82) is 0 Å². The topological polar surface area (TPSA) is 41.1 Å². The van der Waals surface area contributed by atoms with E-state index in [1.807, 2.05) is 6.07 Å². The molecule has 3 rings (SSSR count). The molecule has 0 spiro atoms. The summed E-state index contributed by atoms with van der Waals surface area (Å²) in [6, 6.07) is 9.21. The van der Waals surface area contributed by atoms with Crippen LogP contribution in [-0.2, 0) is 23.2 Å². The standard InChI is InChI=1S/C19H20F2N2O.ClH/c1-19(2,13-4-6-14(20)7-5-13)18(24)23-16-8-3-12-11-22-10-9-15(12)17(16)21;/h3-8,22H,9-11H2,1-2H3,(H,23,24);1H. The Labute approximate surface area is 152 Å². The van der Waals surface area contributed by atoms with E-state index in [-0.39, 0.29) is 35.6 Å². The Hall–Kier alpha value is -1.98. The van der Waals surface area contributed by atoms with Crippen molar-refractivity contribution in [2.45, 2.75) is 32.2 Å². The number of halogens is 3. The molecule has 0 bridgehead atoms. The van der Waals surface area contributed by atoms with Gasteiger partial charge in [0.05, 0.1) is 11.1 Å². The highest BCUT2D eigenvalue weighted by Crippen LogP contribution is 2.28. The smallest absolute Gasteiger partial charge is 0.234 e. The quantitative estimate of drug-likeness (QED) is 0.863. The Kier molecular flexibility index (Phi) is 5.80. The number of hydrogen-bond donors (Lipinski definition) is 2. The van der Waals surface area contributed by atoms with Crippen LogP contribution in [0.4, 0.5) is 14.5 Å². The average molecular weight is 367 g/mol. The molecule has 1 aliphatic rings. The van der Waals surface area contributed by atoms with Crippen molar-refractivity contribution in [3.63, 3.8) is 0 Å². The molecular formula is C19H21ClF2N2O. The zero-order valence-corrected chi connectivity index (χ0v) is 15.0. The van der Waals surface area contributed by atoms with Crippen molar-refractivity contribution in [1.82, 2.24) is 5.32 Å². The van der Waals surface area contributed by atoms with Crippen LogP contribution in [0.25, 0.3) is 0 Å². The zero-order chi connectivity index (χ0) is 17.3. The van der Waals surface area contributed by atoms with Crippen LogP contribution in [0.3, 0.4) is 0 Å². The van der Waals surface area contributed by atoms with E-state index < -0.39 is 5.41 Å². The minimum Gasteiger partial charge on any atom is -0.323 e. The minimum atomic E-state index is -0.905. The summed E-state index contributed by atoms with van der Waals surface area (Å²) in [4.78, 5) is 12.7. The minimum absolute atomic E-state index is 0. The number of amides is 1. The van der Waals surface area contributed by atoms with Crippen LogP contribution in [0, 0.1) is 11.6 Å². The summed E-state index contributed by atoms with van der Waals surface area (Å²) in [5.41, 5.74) is 1.54. The van der Waals surface area contributed by atoms with E-state index in [0.29, 0.717) is 24.1 Å². The molecule has 1 heterocycles. The van der Waals surface area contributed by atoms with Gasteiger partial charge >= 0.3 is 0 Å². The van der Waals surface area contributed by atoms with Crippen molar-refractivity contribution in [2.75, 3.05) is 11.9 Å². The van der Waals surface area contributed by atoms with Crippen LogP contribution < -0.4 is 10.6 Å². The van der Waals surface area contributed by atoms with Crippen LogP contribution >= 0.6 is 12.4 Å². The second kappa shape index (κ2) is 7.50. The molecule has 25 heavy (non-hydrogen) atoms. The second-order valence-corrected chi connectivity index (χ2v) is 6.58. The van der Waals surface area contributed by atoms with E-state index in [2.05, 4.69) is 10.6 Å². The molecule has 0 saturated heterocycles. The van der Waals surface area contributed by atoms with E-state index in [1.54, 1.807) is 32.0 Å². The van der Waals surface area contributed by atoms with Crippen LogP contribution in [0.1, 0.15) is 30.5 Å². The van der Waals surface area contributed by atoms with Crippen LogP contribution in [0.2, 0.25) is 0 Å². The van der Waals surface area contributed by atoms with Gasteiger partial charge in [-0.2, -0.15) is 0 Å². The Morgan fingerprint density at radius 2 is 1.80 bits per heavy atom. The van der Waals surface area contributed by atoms with Crippen LogP contribution in [0.15, 0.2) is 36.4 Å². The predicted octanol–water partition coefficient (Wildman–Crippen LogP) is 3.95. The number of nitrogens with one attached hydrogen (secondary N) is 2. The molecule has 0 radical (unpaired) electrons. The lowest BCUT2D eigenvalue weighted by molar-refractivity contribution is -0.120. The highest BCUT2D eigenvalue weighted by Gasteiger charge is 2.31. The average Bonchev–Trinajstić information content (AvgIpc) is 2.58. The molecule has 2 aromatic rings. The monoisotopic (exact) mass is 366 g/mol. The Balaban J connectivity index is 0.00000225. The first-order valence-corrected chi connectivity index (χ1v) is 7.98. The highest BCUT2D eigenvalue weighted by atomic mass is 35.5. The molecule has 6 heteroatoms.